The molecule has 5 nitrogen and oxygen atoms in total. The second-order valence-corrected chi connectivity index (χ2v) is 3.59. The molecule has 1 rings (SSSR count). The molecule has 0 aromatic carbocycles. The SMILES string of the molecule is CC(=O)N[C@H]1CN(C)C[C@@H](O)[C@@H]1O. The average molecular weight is 188 g/mol. The molecule has 0 aliphatic carbocycles. The Kier molecular flexibility index (Phi) is 3.24. The first kappa shape index (κ1) is 10.4. The van der Waals surface area contributed by atoms with E-state index < -0.39 is 12.2 Å². The van der Waals surface area contributed by atoms with E-state index in [0.29, 0.717) is 13.1 Å². The fourth-order valence-corrected chi connectivity index (χ4v) is 1.61. The lowest BCUT2D eigenvalue weighted by Crippen LogP contribution is -2.60. The molecule has 13 heavy (non-hydrogen) atoms. The molecule has 0 saturated carbocycles. The Hall–Kier alpha value is -0.650. The lowest BCUT2D eigenvalue weighted by Gasteiger charge is -2.37. The van der Waals surface area contributed by atoms with E-state index in [-0.39, 0.29) is 11.9 Å². The van der Waals surface area contributed by atoms with Gasteiger partial charge >= 0.3 is 0 Å². The summed E-state index contributed by atoms with van der Waals surface area (Å²) in [5.74, 6) is -0.188. The predicted octanol–water partition coefficient (Wildman–Crippen LogP) is -1.84. The maximum absolute atomic E-state index is 10.7. The van der Waals surface area contributed by atoms with Crippen LogP contribution in [0.1, 0.15) is 6.92 Å². The summed E-state index contributed by atoms with van der Waals surface area (Å²) in [7, 11) is 1.84. The number of β-amino-alcohol motifs (C(OH)–C–C–N with tert-alkyl or cyclic N) is 1. The summed E-state index contributed by atoms with van der Waals surface area (Å²) in [5, 5.41) is 21.5. The third-order valence-corrected chi connectivity index (χ3v) is 2.20. The van der Waals surface area contributed by atoms with Crippen molar-refractivity contribution < 1.29 is 15.0 Å². The van der Waals surface area contributed by atoms with E-state index in [0.717, 1.165) is 0 Å². The maximum Gasteiger partial charge on any atom is 0.217 e. The minimum atomic E-state index is -0.861. The molecular formula is C8H16N2O3. The molecule has 3 atom stereocenters. The van der Waals surface area contributed by atoms with E-state index in [1.54, 1.807) is 0 Å². The molecule has 0 radical (unpaired) electrons. The Balaban J connectivity index is 2.55. The van der Waals surface area contributed by atoms with Crippen molar-refractivity contribution in [3.63, 3.8) is 0 Å². The van der Waals surface area contributed by atoms with Crippen LogP contribution in [-0.4, -0.2) is 59.4 Å². The number of likely N-dealkylation sites (tertiary alicyclic amines) is 1. The lowest BCUT2D eigenvalue weighted by atomic mass is 10.00. The Morgan fingerprint density at radius 3 is 2.62 bits per heavy atom. The number of nitrogens with one attached hydrogen (secondary N) is 1. The summed E-state index contributed by atoms with van der Waals surface area (Å²) in [6.45, 7) is 2.41. The van der Waals surface area contributed by atoms with E-state index in [2.05, 4.69) is 5.32 Å². The zero-order valence-electron chi connectivity index (χ0n) is 7.90. The first-order chi connectivity index (χ1) is 6.00. The maximum atomic E-state index is 10.7. The smallest absolute Gasteiger partial charge is 0.217 e. The third-order valence-electron chi connectivity index (χ3n) is 2.20. The minimum Gasteiger partial charge on any atom is -0.389 e. The number of aliphatic hydroxyl groups is 2. The zero-order chi connectivity index (χ0) is 10.0. The van der Waals surface area contributed by atoms with Crippen molar-refractivity contribution in [2.75, 3.05) is 20.1 Å². The van der Waals surface area contributed by atoms with E-state index in [1.807, 2.05) is 11.9 Å². The summed E-state index contributed by atoms with van der Waals surface area (Å²) in [6.07, 6.45) is -1.64. The molecule has 1 heterocycles. The van der Waals surface area contributed by atoms with Crippen molar-refractivity contribution in [3.05, 3.63) is 0 Å². The van der Waals surface area contributed by atoms with Crippen molar-refractivity contribution in [1.29, 1.82) is 0 Å². The number of piperidine rings is 1. The number of carbonyl (C=O) groups is 1. The monoisotopic (exact) mass is 188 g/mol. The van der Waals surface area contributed by atoms with E-state index in [9.17, 15) is 15.0 Å². The third kappa shape index (κ3) is 2.65. The molecule has 1 fully saturated rings. The lowest BCUT2D eigenvalue weighted by molar-refractivity contribution is -0.123. The molecule has 5 heteroatoms. The molecule has 1 amide bonds. The fourth-order valence-electron chi connectivity index (χ4n) is 1.61. The van der Waals surface area contributed by atoms with Gasteiger partial charge in [0.25, 0.3) is 0 Å². The molecule has 0 aromatic rings. The minimum absolute atomic E-state index is 0.188. The summed E-state index contributed by atoms with van der Waals surface area (Å²) in [6, 6.07) is -0.369. The normalized spacial score (nSPS) is 35.8. The zero-order valence-corrected chi connectivity index (χ0v) is 7.90. The number of likely N-dealkylation sites (N-methyl/N-ethyl adjacent to an activating group) is 1. The van der Waals surface area contributed by atoms with E-state index in [4.69, 9.17) is 0 Å². The van der Waals surface area contributed by atoms with Crippen LogP contribution in [0.2, 0.25) is 0 Å². The van der Waals surface area contributed by atoms with Crippen LogP contribution in [0.5, 0.6) is 0 Å². The van der Waals surface area contributed by atoms with Crippen molar-refractivity contribution >= 4 is 5.91 Å². The van der Waals surface area contributed by atoms with Gasteiger partial charge in [-0.1, -0.05) is 0 Å². The van der Waals surface area contributed by atoms with Gasteiger partial charge in [0, 0.05) is 20.0 Å². The van der Waals surface area contributed by atoms with Crippen LogP contribution in [0.4, 0.5) is 0 Å². The van der Waals surface area contributed by atoms with Crippen molar-refractivity contribution in [2.24, 2.45) is 0 Å². The van der Waals surface area contributed by atoms with Gasteiger partial charge in [-0.05, 0) is 7.05 Å². The van der Waals surface area contributed by atoms with Crippen molar-refractivity contribution in [3.8, 4) is 0 Å². The highest BCUT2D eigenvalue weighted by Crippen LogP contribution is 2.09. The Labute approximate surface area is 77.3 Å². The second kappa shape index (κ2) is 4.04. The number of hydrogen-bond acceptors (Lipinski definition) is 4. The number of rotatable bonds is 1. The highest BCUT2D eigenvalue weighted by atomic mass is 16.3. The summed E-state index contributed by atoms with van der Waals surface area (Å²) < 4.78 is 0. The van der Waals surface area contributed by atoms with Gasteiger partial charge in [0.2, 0.25) is 5.91 Å². The molecule has 1 saturated heterocycles. The summed E-state index contributed by atoms with van der Waals surface area (Å²) >= 11 is 0. The quantitative estimate of drug-likeness (QED) is 0.452. The van der Waals surface area contributed by atoms with Gasteiger partial charge in [-0.15, -0.1) is 0 Å². The van der Waals surface area contributed by atoms with Gasteiger partial charge in [-0.25, -0.2) is 0 Å². The van der Waals surface area contributed by atoms with Gasteiger partial charge in [-0.2, -0.15) is 0 Å². The van der Waals surface area contributed by atoms with Crippen LogP contribution < -0.4 is 5.32 Å². The summed E-state index contributed by atoms with van der Waals surface area (Å²) in [5.41, 5.74) is 0. The number of nitrogens with zero attached hydrogens (tertiary/aromatic N) is 1. The van der Waals surface area contributed by atoms with Crippen molar-refractivity contribution in [1.82, 2.24) is 10.2 Å². The number of hydrogen-bond donors (Lipinski definition) is 3. The number of amides is 1. The first-order valence-electron chi connectivity index (χ1n) is 4.32. The number of aliphatic hydroxyl groups excluding tert-OH is 2. The summed E-state index contributed by atoms with van der Waals surface area (Å²) in [4.78, 5) is 12.6. The average Bonchev–Trinajstić information content (AvgIpc) is 1.98. The molecule has 0 aromatic heterocycles. The van der Waals surface area contributed by atoms with Crippen LogP contribution in [-0.2, 0) is 4.79 Å². The van der Waals surface area contributed by atoms with Crippen LogP contribution in [0.15, 0.2) is 0 Å². The van der Waals surface area contributed by atoms with Crippen LogP contribution in [0.3, 0.4) is 0 Å². The van der Waals surface area contributed by atoms with E-state index >= 15 is 0 Å². The Bertz CT molecular complexity index is 198. The van der Waals surface area contributed by atoms with E-state index in [1.165, 1.54) is 6.92 Å². The highest BCUT2D eigenvalue weighted by Gasteiger charge is 2.33. The molecule has 0 spiro atoms. The first-order valence-corrected chi connectivity index (χ1v) is 4.32. The molecular weight excluding hydrogens is 172 g/mol. The topological polar surface area (TPSA) is 72.8 Å². The van der Waals surface area contributed by atoms with Gasteiger partial charge in [-0.3, -0.25) is 4.79 Å². The molecule has 3 N–H and O–H groups in total. The molecule has 76 valence electrons. The molecule has 1 aliphatic heterocycles. The van der Waals surface area contributed by atoms with Gasteiger partial charge < -0.3 is 20.4 Å². The molecule has 1 aliphatic rings. The predicted molar refractivity (Wildman–Crippen MR) is 47.1 cm³/mol. The fraction of sp³-hybridized carbons (Fsp3) is 0.875. The number of carbonyl (C=O) groups excluding carboxylic acids is 1. The Morgan fingerprint density at radius 1 is 1.46 bits per heavy atom. The van der Waals surface area contributed by atoms with Crippen LogP contribution >= 0.6 is 0 Å². The standard InChI is InChI=1S/C8H16N2O3/c1-5(11)9-6-3-10(2)4-7(12)8(6)13/h6-8,12-13H,3-4H2,1-2H3,(H,9,11)/t6-,7+,8+/m0/s1. The highest BCUT2D eigenvalue weighted by molar-refractivity contribution is 5.73. The largest absolute Gasteiger partial charge is 0.389 e. The van der Waals surface area contributed by atoms with Gasteiger partial charge in [0.15, 0.2) is 0 Å². The Morgan fingerprint density at radius 2 is 2.08 bits per heavy atom. The van der Waals surface area contributed by atoms with Crippen LogP contribution in [0.25, 0.3) is 0 Å². The van der Waals surface area contributed by atoms with Crippen LogP contribution in [0, 0.1) is 0 Å². The second-order valence-electron chi connectivity index (χ2n) is 3.59. The van der Waals surface area contributed by atoms with Gasteiger partial charge in [0.05, 0.1) is 12.1 Å². The molecule has 0 bridgehead atoms. The molecule has 0 unspecified atom stereocenters. The van der Waals surface area contributed by atoms with Crippen molar-refractivity contribution in [2.45, 2.75) is 25.2 Å². The van der Waals surface area contributed by atoms with Gasteiger partial charge in [0.1, 0.15) is 6.10 Å².